The first-order chi connectivity index (χ1) is 10.1. The van der Waals surface area contributed by atoms with E-state index >= 15 is 0 Å². The van der Waals surface area contributed by atoms with Crippen LogP contribution in [-0.4, -0.2) is 60.6 Å². The van der Waals surface area contributed by atoms with Crippen LogP contribution in [0.25, 0.3) is 0 Å². The largest absolute Gasteiger partial charge is 0.465 e. The summed E-state index contributed by atoms with van der Waals surface area (Å²) in [5.41, 5.74) is 1.51. The molecule has 0 radical (unpaired) electrons. The Morgan fingerprint density at radius 2 is 2.24 bits per heavy atom. The van der Waals surface area contributed by atoms with Crippen LogP contribution in [0.1, 0.15) is 35.8 Å². The number of pyridine rings is 1. The zero-order valence-electron chi connectivity index (χ0n) is 13.2. The van der Waals surface area contributed by atoms with E-state index in [2.05, 4.69) is 28.8 Å². The van der Waals surface area contributed by atoms with Crippen LogP contribution < -0.4 is 0 Å². The van der Waals surface area contributed by atoms with Gasteiger partial charge in [0.2, 0.25) is 0 Å². The molecule has 1 aliphatic rings. The van der Waals surface area contributed by atoms with Crippen molar-refractivity contribution in [3.63, 3.8) is 0 Å². The second-order valence-corrected chi connectivity index (χ2v) is 5.68. The van der Waals surface area contributed by atoms with Gasteiger partial charge in [0.25, 0.3) is 0 Å². The summed E-state index contributed by atoms with van der Waals surface area (Å²) in [7, 11) is 3.57. The van der Waals surface area contributed by atoms with Gasteiger partial charge < -0.3 is 9.64 Å². The van der Waals surface area contributed by atoms with E-state index < -0.39 is 0 Å². The Morgan fingerprint density at radius 1 is 1.43 bits per heavy atom. The van der Waals surface area contributed by atoms with Gasteiger partial charge in [-0.2, -0.15) is 0 Å². The second kappa shape index (κ2) is 7.52. The third-order valence-electron chi connectivity index (χ3n) is 4.11. The van der Waals surface area contributed by atoms with Crippen LogP contribution >= 0.6 is 0 Å². The molecule has 1 aromatic heterocycles. The van der Waals surface area contributed by atoms with Crippen molar-refractivity contribution in [2.75, 3.05) is 33.8 Å². The molecule has 1 aromatic rings. The number of hydrogen-bond donors (Lipinski definition) is 0. The van der Waals surface area contributed by atoms with Crippen molar-refractivity contribution in [3.05, 3.63) is 29.6 Å². The molecule has 0 bridgehead atoms. The zero-order valence-corrected chi connectivity index (χ0v) is 13.2. The van der Waals surface area contributed by atoms with E-state index in [4.69, 9.17) is 4.74 Å². The average Bonchev–Trinajstić information content (AvgIpc) is 2.68. The molecule has 0 spiro atoms. The minimum atomic E-state index is -0.336. The van der Waals surface area contributed by atoms with Gasteiger partial charge in [0.1, 0.15) is 0 Å². The van der Waals surface area contributed by atoms with E-state index in [1.165, 1.54) is 13.5 Å². The highest BCUT2D eigenvalue weighted by Gasteiger charge is 2.22. The zero-order chi connectivity index (χ0) is 15.2. The third-order valence-corrected chi connectivity index (χ3v) is 4.11. The smallest absolute Gasteiger partial charge is 0.339 e. The van der Waals surface area contributed by atoms with Crippen molar-refractivity contribution >= 4 is 5.97 Å². The number of likely N-dealkylation sites (N-methyl/N-ethyl adjacent to an activating group) is 1. The van der Waals surface area contributed by atoms with Gasteiger partial charge in [-0.15, -0.1) is 0 Å². The van der Waals surface area contributed by atoms with Crippen molar-refractivity contribution in [2.24, 2.45) is 0 Å². The molecule has 21 heavy (non-hydrogen) atoms. The number of carbonyl (C=O) groups excluding carboxylic acids is 1. The van der Waals surface area contributed by atoms with Gasteiger partial charge in [0.15, 0.2) is 0 Å². The molecule has 0 aromatic carbocycles. The molecule has 116 valence electrons. The van der Waals surface area contributed by atoms with E-state index in [1.807, 2.05) is 6.07 Å². The topological polar surface area (TPSA) is 45.7 Å². The number of rotatable bonds is 4. The Kier molecular flexibility index (Phi) is 5.70. The molecule has 1 atom stereocenters. The average molecular weight is 291 g/mol. The maximum Gasteiger partial charge on any atom is 0.339 e. The molecule has 5 nitrogen and oxygen atoms in total. The fraction of sp³-hybridized carbons (Fsp3) is 0.625. The van der Waals surface area contributed by atoms with Gasteiger partial charge in [-0.25, -0.2) is 4.79 Å². The summed E-state index contributed by atoms with van der Waals surface area (Å²) in [5, 5.41) is 0. The lowest BCUT2D eigenvalue weighted by Crippen LogP contribution is -2.39. The first-order valence-electron chi connectivity index (χ1n) is 7.60. The maximum absolute atomic E-state index is 11.4. The van der Waals surface area contributed by atoms with Gasteiger partial charge in [-0.1, -0.05) is 6.92 Å². The first-order valence-corrected chi connectivity index (χ1v) is 7.60. The molecule has 0 N–H and O–H groups in total. The van der Waals surface area contributed by atoms with Crippen molar-refractivity contribution in [2.45, 2.75) is 32.4 Å². The minimum Gasteiger partial charge on any atom is -0.465 e. The summed E-state index contributed by atoms with van der Waals surface area (Å²) in [5.74, 6) is -0.336. The Balaban J connectivity index is 2.03. The molecule has 1 fully saturated rings. The lowest BCUT2D eigenvalue weighted by Gasteiger charge is -2.29. The third kappa shape index (κ3) is 4.25. The molecule has 2 heterocycles. The fourth-order valence-corrected chi connectivity index (χ4v) is 2.85. The van der Waals surface area contributed by atoms with E-state index in [0.29, 0.717) is 11.6 Å². The maximum atomic E-state index is 11.4. The number of nitrogens with zero attached hydrogens (tertiary/aromatic N) is 3. The molecule has 0 amide bonds. The molecule has 1 saturated heterocycles. The molecular formula is C16H25N3O2. The normalized spacial score (nSPS) is 21.0. The second-order valence-electron chi connectivity index (χ2n) is 5.68. The predicted octanol–water partition coefficient (Wildman–Crippen LogP) is 1.78. The Morgan fingerprint density at radius 3 is 2.86 bits per heavy atom. The van der Waals surface area contributed by atoms with Crippen molar-refractivity contribution in [1.29, 1.82) is 0 Å². The molecule has 0 aliphatic carbocycles. The summed E-state index contributed by atoms with van der Waals surface area (Å²) in [6, 6.07) is 4.28. The van der Waals surface area contributed by atoms with Crippen molar-refractivity contribution < 1.29 is 9.53 Å². The van der Waals surface area contributed by atoms with Crippen LogP contribution in [0.3, 0.4) is 0 Å². The van der Waals surface area contributed by atoms with Gasteiger partial charge >= 0.3 is 5.97 Å². The van der Waals surface area contributed by atoms with Crippen LogP contribution in [0.5, 0.6) is 0 Å². The molecule has 0 saturated carbocycles. The summed E-state index contributed by atoms with van der Waals surface area (Å²) in [4.78, 5) is 20.7. The monoisotopic (exact) mass is 291 g/mol. The van der Waals surface area contributed by atoms with E-state index in [1.54, 1.807) is 12.3 Å². The molecular weight excluding hydrogens is 266 g/mol. The van der Waals surface area contributed by atoms with Gasteiger partial charge in [-0.3, -0.25) is 9.88 Å². The highest BCUT2D eigenvalue weighted by molar-refractivity contribution is 5.88. The van der Waals surface area contributed by atoms with Crippen LogP contribution in [0.15, 0.2) is 18.3 Å². The number of carbonyl (C=O) groups is 1. The Hall–Kier alpha value is -1.46. The van der Waals surface area contributed by atoms with Crippen LogP contribution in [0.4, 0.5) is 0 Å². The standard InChI is InChI=1S/C16H25N3O2/c1-4-15-12-18(2)8-5-9-19(15)11-14-7-6-13(10-17-14)16(20)21-3/h6-7,10,15H,4-5,8-9,11-12H2,1-3H3. The van der Waals surface area contributed by atoms with Crippen molar-refractivity contribution in [3.8, 4) is 0 Å². The fourth-order valence-electron chi connectivity index (χ4n) is 2.85. The summed E-state index contributed by atoms with van der Waals surface area (Å²) in [6.45, 7) is 6.44. The summed E-state index contributed by atoms with van der Waals surface area (Å²) >= 11 is 0. The summed E-state index contributed by atoms with van der Waals surface area (Å²) in [6.07, 6.45) is 3.93. The number of hydrogen-bond acceptors (Lipinski definition) is 5. The first kappa shape index (κ1) is 15.9. The van der Waals surface area contributed by atoms with E-state index in [9.17, 15) is 4.79 Å². The highest BCUT2D eigenvalue weighted by atomic mass is 16.5. The Labute approximate surface area is 126 Å². The lowest BCUT2D eigenvalue weighted by atomic mass is 10.1. The highest BCUT2D eigenvalue weighted by Crippen LogP contribution is 2.15. The molecule has 1 aliphatic heterocycles. The number of aromatic nitrogens is 1. The minimum absolute atomic E-state index is 0.336. The van der Waals surface area contributed by atoms with E-state index in [0.717, 1.165) is 38.3 Å². The number of esters is 1. The van der Waals surface area contributed by atoms with E-state index in [-0.39, 0.29) is 5.97 Å². The molecule has 1 unspecified atom stereocenters. The molecule has 5 heteroatoms. The van der Waals surface area contributed by atoms with Crippen molar-refractivity contribution in [1.82, 2.24) is 14.8 Å². The van der Waals surface area contributed by atoms with Crippen LogP contribution in [0.2, 0.25) is 0 Å². The summed E-state index contributed by atoms with van der Waals surface area (Å²) < 4.78 is 4.69. The lowest BCUT2D eigenvalue weighted by molar-refractivity contribution is 0.0600. The Bertz CT molecular complexity index is 461. The van der Waals surface area contributed by atoms with Gasteiger partial charge in [0.05, 0.1) is 18.4 Å². The quantitative estimate of drug-likeness (QED) is 0.791. The molecule has 2 rings (SSSR count). The number of methoxy groups -OCH3 is 1. The predicted molar refractivity (Wildman–Crippen MR) is 82.2 cm³/mol. The van der Waals surface area contributed by atoms with Crippen LogP contribution in [0, 0.1) is 0 Å². The van der Waals surface area contributed by atoms with Crippen LogP contribution in [-0.2, 0) is 11.3 Å². The SMILES string of the molecule is CCC1CN(C)CCCN1Cc1ccc(C(=O)OC)cn1. The number of ether oxygens (including phenoxy) is 1. The van der Waals surface area contributed by atoms with Gasteiger partial charge in [-0.05, 0) is 38.6 Å². The van der Waals surface area contributed by atoms with Gasteiger partial charge in [0, 0.05) is 31.9 Å².